The molecule has 6 aliphatic rings. The number of unbranched alkanes of at least 4 members (excludes halogenated alkanes) is 12. The van der Waals surface area contributed by atoms with Crippen molar-refractivity contribution in [1.29, 1.82) is 0 Å². The summed E-state index contributed by atoms with van der Waals surface area (Å²) in [4.78, 5) is 61.0. The second-order valence-electron chi connectivity index (χ2n) is 36.7. The summed E-state index contributed by atoms with van der Waals surface area (Å²) in [7, 11) is 0. The Morgan fingerprint density at radius 2 is 0.576 bits per heavy atom. The van der Waals surface area contributed by atoms with E-state index in [1.807, 2.05) is 127 Å². The number of carbonyl (C=O) groups is 3. The zero-order chi connectivity index (χ0) is 96.5. The monoisotopic (exact) mass is 1900 g/mol. The average molecular weight is 1900 g/mol. The van der Waals surface area contributed by atoms with Crippen molar-refractivity contribution in [2.45, 2.75) is 181 Å². The first-order valence-electron chi connectivity index (χ1n) is 49.2. The highest BCUT2D eigenvalue weighted by molar-refractivity contribution is 5.93. The Kier molecular flexibility index (Phi) is 40.1. The standard InChI is InChI=1S/C50H62O10.C44H50O8.C21H22O6/c1-37-46-28-42(59-48(51)39-14-18-41(19-15-39)57-27-11-7-5-9-25-53-32-50(3)35-55-36-50)20-22-44(46)45-23-21-43(29-47(37)45)60-58-30-38-12-16-40(17-13-38)56-26-10-6-4-8-24-52-31-49(2)33-54-34-49;1-4-46-26-10-6-8-12-28-48-36-18-14-34(15-19-36)32-50-52-39-23-25-41-40-24-22-38(30-42(40)33(3)43(41)31-39)51-44(45)35-16-20-37(21-17-35)49-29-13-9-7-11-27-47-5-2;22-21(15-1-3-16(4-2-15)23-11-9-19-13-25-19)27-18-7-5-17(6-8-18)24-12-10-20-14-26-20/h12-23,28-29,37H,4-11,24-27,30-36H2,1-3H3;4-5,14-25,30-31,33H,1-2,6-13,26-29,32H2,3H3;1-8,19-20H,9-14H2. The summed E-state index contributed by atoms with van der Waals surface area (Å²) >= 11 is 0. The predicted octanol–water partition coefficient (Wildman–Crippen LogP) is 24.5. The lowest BCUT2D eigenvalue weighted by molar-refractivity contribution is -0.217. The zero-order valence-electron chi connectivity index (χ0n) is 80.8. The number of hydrogen-bond acceptors (Lipinski definition) is 24. The largest absolute Gasteiger partial charge is 0.502 e. The molecule has 16 rings (SSSR count). The first-order chi connectivity index (χ1) is 68.1. The fraction of sp³-hybridized carbons (Fsp3) is 0.417. The summed E-state index contributed by atoms with van der Waals surface area (Å²) in [6.45, 7) is 29.8. The summed E-state index contributed by atoms with van der Waals surface area (Å²) in [6.07, 6.45) is 22.4. The zero-order valence-corrected chi connectivity index (χ0v) is 80.8. The number of rotatable bonds is 60. The van der Waals surface area contributed by atoms with Gasteiger partial charge in [-0.15, -0.1) is 0 Å². The molecule has 0 amide bonds. The van der Waals surface area contributed by atoms with E-state index in [1.54, 1.807) is 84.9 Å². The van der Waals surface area contributed by atoms with Crippen molar-refractivity contribution in [3.8, 4) is 85.5 Å². The van der Waals surface area contributed by atoms with Crippen molar-refractivity contribution >= 4 is 17.9 Å². The molecular weight excluding hydrogens is 1770 g/mol. The Bertz CT molecular complexity index is 5430. The third-order valence-corrected chi connectivity index (χ3v) is 24.8. The van der Waals surface area contributed by atoms with Crippen molar-refractivity contribution in [3.63, 3.8) is 0 Å². The molecule has 10 aromatic rings. The van der Waals surface area contributed by atoms with Gasteiger partial charge in [-0.3, -0.25) is 0 Å². The molecule has 4 saturated heterocycles. The second-order valence-corrected chi connectivity index (χ2v) is 36.7. The van der Waals surface area contributed by atoms with E-state index in [0.29, 0.717) is 117 Å². The number of benzene rings is 10. The van der Waals surface area contributed by atoms with Crippen LogP contribution in [0.4, 0.5) is 0 Å². The van der Waals surface area contributed by atoms with Gasteiger partial charge < -0.3 is 90.3 Å². The van der Waals surface area contributed by atoms with Crippen LogP contribution in [0.1, 0.15) is 220 Å². The maximum absolute atomic E-state index is 13.1. The molecular formula is C115H134O24. The van der Waals surface area contributed by atoms with Crippen LogP contribution in [0, 0.1) is 10.8 Å². The summed E-state index contributed by atoms with van der Waals surface area (Å²) in [5.41, 5.74) is 12.7. The lowest BCUT2D eigenvalue weighted by Crippen LogP contribution is -2.43. The van der Waals surface area contributed by atoms with E-state index in [1.165, 1.54) is 12.5 Å². The highest BCUT2D eigenvalue weighted by atomic mass is 17.2. The molecule has 24 nitrogen and oxygen atoms in total. The van der Waals surface area contributed by atoms with Gasteiger partial charge in [0.05, 0.1) is 147 Å². The van der Waals surface area contributed by atoms with Crippen LogP contribution in [0.5, 0.6) is 63.2 Å². The Morgan fingerprint density at radius 3 is 0.878 bits per heavy atom. The molecule has 738 valence electrons. The van der Waals surface area contributed by atoms with Crippen LogP contribution in [0.3, 0.4) is 0 Å². The average Bonchev–Trinajstić information content (AvgIpc) is 1.61. The highest BCUT2D eigenvalue weighted by Gasteiger charge is 2.36. The van der Waals surface area contributed by atoms with E-state index in [9.17, 15) is 14.4 Å². The van der Waals surface area contributed by atoms with Gasteiger partial charge in [0, 0.05) is 48.7 Å². The van der Waals surface area contributed by atoms with Gasteiger partial charge in [0.1, 0.15) is 65.0 Å². The molecule has 0 saturated carbocycles. The SMILES string of the molecule is C=COCCCCCCOc1ccc(COOc2ccc3c(c2)C(C)c2cc(OC(=O)c4ccc(OCCCCCCOC=C)cc4)ccc2-3)cc1.CC1c2cc(OOCc3ccc(OCCCCCCOCC4(C)COC4)cc3)ccc2-c2ccc(OC(=O)c3ccc(OCCCCCCOCC4(C)COC4)cc3)cc21.O=C(Oc1ccc(OCCC2CO2)cc1)c1ccc(OCCC2CO2)cc1. The minimum Gasteiger partial charge on any atom is -0.502 e. The van der Waals surface area contributed by atoms with Gasteiger partial charge in [-0.05, 0) is 315 Å². The van der Waals surface area contributed by atoms with Crippen molar-refractivity contribution < 1.29 is 114 Å². The number of hydrogen-bond donors (Lipinski definition) is 0. The first-order valence-corrected chi connectivity index (χ1v) is 49.2. The lowest BCUT2D eigenvalue weighted by Gasteiger charge is -2.37. The Hall–Kier alpha value is -12.2. The fourth-order valence-electron chi connectivity index (χ4n) is 16.3. The molecule has 0 radical (unpaired) electrons. The van der Waals surface area contributed by atoms with Crippen LogP contribution in [0.15, 0.2) is 244 Å². The molecule has 24 heteroatoms. The molecule has 139 heavy (non-hydrogen) atoms. The molecule has 10 aromatic carbocycles. The van der Waals surface area contributed by atoms with Crippen LogP contribution in [-0.2, 0) is 60.9 Å². The molecule has 4 atom stereocenters. The smallest absolute Gasteiger partial charge is 0.343 e. The maximum Gasteiger partial charge on any atom is 0.343 e. The van der Waals surface area contributed by atoms with E-state index in [-0.39, 0.29) is 22.7 Å². The normalized spacial score (nSPS) is 15.9. The maximum atomic E-state index is 13.1. The van der Waals surface area contributed by atoms with Crippen molar-refractivity contribution in [3.05, 3.63) is 294 Å². The highest BCUT2D eigenvalue weighted by Crippen LogP contribution is 2.49. The molecule has 0 bridgehead atoms. The van der Waals surface area contributed by atoms with Crippen LogP contribution < -0.4 is 52.4 Å². The van der Waals surface area contributed by atoms with Gasteiger partial charge in [-0.1, -0.05) is 102 Å². The molecule has 0 N–H and O–H groups in total. The van der Waals surface area contributed by atoms with E-state index in [0.717, 1.165) is 278 Å². The number of esters is 3. The van der Waals surface area contributed by atoms with Gasteiger partial charge in [0.2, 0.25) is 0 Å². The molecule has 4 fully saturated rings. The number of carbonyl (C=O) groups excluding carboxylic acids is 3. The molecule has 2 aliphatic carbocycles. The van der Waals surface area contributed by atoms with Crippen LogP contribution >= 0.6 is 0 Å². The van der Waals surface area contributed by atoms with Gasteiger partial charge in [-0.2, -0.15) is 9.78 Å². The minimum atomic E-state index is -0.413. The Balaban J connectivity index is 0.000000177. The topological polar surface area (TPSA) is 252 Å². The van der Waals surface area contributed by atoms with E-state index >= 15 is 0 Å². The van der Waals surface area contributed by atoms with Crippen LogP contribution in [-0.4, -0.2) is 149 Å². The number of fused-ring (bicyclic) bond motifs is 6. The summed E-state index contributed by atoms with van der Waals surface area (Å²) in [6, 6.07) is 67.6. The van der Waals surface area contributed by atoms with Gasteiger partial charge >= 0.3 is 17.9 Å². The van der Waals surface area contributed by atoms with Gasteiger partial charge in [-0.25, -0.2) is 14.4 Å². The van der Waals surface area contributed by atoms with E-state index < -0.39 is 17.9 Å². The van der Waals surface area contributed by atoms with E-state index in [4.69, 9.17) is 100 Å². The Labute approximate surface area is 817 Å². The van der Waals surface area contributed by atoms with Crippen LogP contribution in [0.25, 0.3) is 22.3 Å². The van der Waals surface area contributed by atoms with Crippen molar-refractivity contribution in [2.75, 3.05) is 119 Å². The quantitative estimate of drug-likeness (QED) is 0.00653. The lowest BCUT2D eigenvalue weighted by atomic mass is 9.90. The molecule has 0 aromatic heterocycles. The number of ether oxygens (including phenoxy) is 17. The third-order valence-electron chi connectivity index (χ3n) is 24.8. The minimum absolute atomic E-state index is 0.0841. The molecule has 4 heterocycles. The first kappa shape index (κ1) is 103. The fourth-order valence-corrected chi connectivity index (χ4v) is 16.3. The summed E-state index contributed by atoms with van der Waals surface area (Å²) in [5, 5.41) is 0. The second kappa shape index (κ2) is 54.4. The summed E-state index contributed by atoms with van der Waals surface area (Å²) in [5.74, 6) is 6.32. The van der Waals surface area contributed by atoms with Crippen molar-refractivity contribution in [1.82, 2.24) is 0 Å². The predicted molar refractivity (Wildman–Crippen MR) is 530 cm³/mol. The van der Waals surface area contributed by atoms with Gasteiger partial charge in [0.25, 0.3) is 0 Å². The molecule has 4 unspecified atom stereocenters. The van der Waals surface area contributed by atoms with E-state index in [2.05, 4.69) is 46.9 Å². The summed E-state index contributed by atoms with van der Waals surface area (Å²) < 4.78 is 94.5. The molecule has 4 aliphatic heterocycles. The number of epoxide rings is 2. The Morgan fingerprint density at radius 1 is 0.317 bits per heavy atom. The third kappa shape index (κ3) is 33.5. The van der Waals surface area contributed by atoms with Crippen LogP contribution in [0.2, 0.25) is 0 Å². The molecule has 0 spiro atoms. The van der Waals surface area contributed by atoms with Crippen molar-refractivity contribution in [2.24, 2.45) is 10.8 Å². The van der Waals surface area contributed by atoms with Gasteiger partial charge in [0.15, 0.2) is 11.5 Å².